The molecule has 0 radical (unpaired) electrons. The summed E-state index contributed by atoms with van der Waals surface area (Å²) in [5.74, 6) is 0.667. The van der Waals surface area contributed by atoms with Crippen molar-refractivity contribution in [3.05, 3.63) is 95.6 Å². The van der Waals surface area contributed by atoms with Crippen LogP contribution in [-0.2, 0) is 23.1 Å². The summed E-state index contributed by atoms with van der Waals surface area (Å²) in [6, 6.07) is 23.8. The van der Waals surface area contributed by atoms with E-state index in [9.17, 15) is 13.2 Å². The molecule has 184 valence electrons. The van der Waals surface area contributed by atoms with Gasteiger partial charge in [0.2, 0.25) is 10.0 Å². The average molecular weight is 494 g/mol. The second-order valence-electron chi connectivity index (χ2n) is 8.45. The number of hydrogen-bond acceptors (Lipinski definition) is 5. The van der Waals surface area contributed by atoms with Crippen LogP contribution in [0.2, 0.25) is 0 Å². The highest BCUT2D eigenvalue weighted by Gasteiger charge is 2.28. The van der Waals surface area contributed by atoms with E-state index >= 15 is 0 Å². The van der Waals surface area contributed by atoms with Crippen LogP contribution < -0.4 is 10.1 Å². The zero-order valence-electron chi connectivity index (χ0n) is 19.9. The van der Waals surface area contributed by atoms with Gasteiger partial charge < -0.3 is 10.1 Å². The Morgan fingerprint density at radius 2 is 1.60 bits per heavy atom. The van der Waals surface area contributed by atoms with Crippen LogP contribution >= 0.6 is 0 Å². The van der Waals surface area contributed by atoms with Crippen molar-refractivity contribution in [2.24, 2.45) is 0 Å². The number of piperazine rings is 1. The molecule has 1 N–H and O–H groups in total. The van der Waals surface area contributed by atoms with E-state index in [4.69, 9.17) is 4.74 Å². The number of rotatable bonds is 9. The minimum Gasteiger partial charge on any atom is -0.494 e. The fourth-order valence-electron chi connectivity index (χ4n) is 4.09. The van der Waals surface area contributed by atoms with Crippen LogP contribution in [0.5, 0.6) is 5.75 Å². The van der Waals surface area contributed by atoms with Crippen LogP contribution in [0.3, 0.4) is 0 Å². The third-order valence-electron chi connectivity index (χ3n) is 6.00. The molecule has 3 aromatic rings. The number of ether oxygens (including phenoxy) is 1. The Morgan fingerprint density at radius 3 is 2.29 bits per heavy atom. The maximum absolute atomic E-state index is 12.8. The summed E-state index contributed by atoms with van der Waals surface area (Å²) in [5, 5.41) is 2.95. The molecule has 1 aliphatic rings. The Morgan fingerprint density at radius 1 is 0.886 bits per heavy atom. The van der Waals surface area contributed by atoms with Crippen molar-refractivity contribution in [1.29, 1.82) is 0 Å². The van der Waals surface area contributed by atoms with E-state index in [0.29, 0.717) is 56.3 Å². The smallest absolute Gasteiger partial charge is 0.251 e. The summed E-state index contributed by atoms with van der Waals surface area (Å²) >= 11 is 0. The van der Waals surface area contributed by atoms with E-state index < -0.39 is 10.0 Å². The first kappa shape index (κ1) is 24.9. The number of hydrogen-bond donors (Lipinski definition) is 1. The van der Waals surface area contributed by atoms with Gasteiger partial charge in [0.05, 0.1) is 11.5 Å². The van der Waals surface area contributed by atoms with Gasteiger partial charge in [-0.3, -0.25) is 9.69 Å². The Hall–Kier alpha value is -3.20. The topological polar surface area (TPSA) is 79.0 Å². The minimum atomic E-state index is -3.45. The van der Waals surface area contributed by atoms with Crippen LogP contribution in [0.1, 0.15) is 28.4 Å². The Labute approximate surface area is 207 Å². The molecule has 1 amide bonds. The molecule has 0 aromatic heterocycles. The van der Waals surface area contributed by atoms with Crippen LogP contribution in [0, 0.1) is 0 Å². The quantitative estimate of drug-likeness (QED) is 0.494. The van der Waals surface area contributed by atoms with Gasteiger partial charge in [-0.1, -0.05) is 42.5 Å². The molecule has 0 spiro atoms. The van der Waals surface area contributed by atoms with Crippen molar-refractivity contribution in [2.45, 2.75) is 24.9 Å². The lowest BCUT2D eigenvalue weighted by Crippen LogP contribution is -2.48. The van der Waals surface area contributed by atoms with E-state index in [1.165, 1.54) is 0 Å². The second kappa shape index (κ2) is 11.5. The summed E-state index contributed by atoms with van der Waals surface area (Å²) in [6.45, 7) is 5.93. The average Bonchev–Trinajstić information content (AvgIpc) is 2.89. The summed E-state index contributed by atoms with van der Waals surface area (Å²) in [7, 11) is -3.45. The number of carbonyl (C=O) groups excluding carboxylic acids is 1. The SMILES string of the molecule is CCOc1cccc(CNC(=O)c2ccc(CN3CCN(S(=O)(=O)c4ccccc4)CC3)cc2)c1. The highest BCUT2D eigenvalue weighted by atomic mass is 32.2. The van der Waals surface area contributed by atoms with Gasteiger partial charge in [0.25, 0.3) is 5.91 Å². The highest BCUT2D eigenvalue weighted by Crippen LogP contribution is 2.18. The van der Waals surface area contributed by atoms with Crippen molar-refractivity contribution >= 4 is 15.9 Å². The first-order valence-corrected chi connectivity index (χ1v) is 13.3. The van der Waals surface area contributed by atoms with Crippen molar-refractivity contribution in [3.8, 4) is 5.75 Å². The first-order valence-electron chi connectivity index (χ1n) is 11.8. The molecular formula is C27H31N3O4S. The highest BCUT2D eigenvalue weighted by molar-refractivity contribution is 7.89. The molecular weight excluding hydrogens is 462 g/mol. The van der Waals surface area contributed by atoms with Crippen LogP contribution in [-0.4, -0.2) is 56.3 Å². The summed E-state index contributed by atoms with van der Waals surface area (Å²) in [4.78, 5) is 15.1. The predicted molar refractivity (Wildman–Crippen MR) is 136 cm³/mol. The van der Waals surface area contributed by atoms with Crippen LogP contribution in [0.15, 0.2) is 83.8 Å². The summed E-state index contributed by atoms with van der Waals surface area (Å²) in [6.07, 6.45) is 0. The molecule has 7 nitrogen and oxygen atoms in total. The maximum Gasteiger partial charge on any atom is 0.251 e. The van der Waals surface area contributed by atoms with Gasteiger partial charge in [-0.15, -0.1) is 0 Å². The number of benzene rings is 3. The number of nitrogens with one attached hydrogen (secondary N) is 1. The Bertz CT molecular complexity index is 1220. The number of sulfonamides is 1. The fourth-order valence-corrected chi connectivity index (χ4v) is 5.53. The molecule has 0 atom stereocenters. The van der Waals surface area contributed by atoms with Gasteiger partial charge in [0.1, 0.15) is 5.75 Å². The molecule has 0 unspecified atom stereocenters. The molecule has 0 saturated carbocycles. The minimum absolute atomic E-state index is 0.127. The van der Waals surface area contributed by atoms with Crippen molar-refractivity contribution in [1.82, 2.24) is 14.5 Å². The molecule has 35 heavy (non-hydrogen) atoms. The zero-order chi connectivity index (χ0) is 24.7. The third-order valence-corrected chi connectivity index (χ3v) is 7.91. The van der Waals surface area contributed by atoms with Crippen LogP contribution in [0.4, 0.5) is 0 Å². The van der Waals surface area contributed by atoms with Crippen LogP contribution in [0.25, 0.3) is 0 Å². The molecule has 1 heterocycles. The molecule has 4 rings (SSSR count). The predicted octanol–water partition coefficient (Wildman–Crippen LogP) is 3.52. The van der Waals surface area contributed by atoms with E-state index in [1.54, 1.807) is 28.6 Å². The third kappa shape index (κ3) is 6.48. The zero-order valence-corrected chi connectivity index (χ0v) is 20.7. The van der Waals surface area contributed by atoms with E-state index in [-0.39, 0.29) is 5.91 Å². The van der Waals surface area contributed by atoms with Crippen molar-refractivity contribution in [2.75, 3.05) is 32.8 Å². The number of carbonyl (C=O) groups is 1. The lowest BCUT2D eigenvalue weighted by atomic mass is 10.1. The number of amides is 1. The Balaban J connectivity index is 1.26. The van der Waals surface area contributed by atoms with E-state index in [0.717, 1.165) is 16.9 Å². The second-order valence-corrected chi connectivity index (χ2v) is 10.4. The molecule has 1 saturated heterocycles. The van der Waals surface area contributed by atoms with Gasteiger partial charge in [0, 0.05) is 44.8 Å². The normalized spacial score (nSPS) is 15.0. The summed E-state index contributed by atoms with van der Waals surface area (Å²) in [5.41, 5.74) is 2.67. The van der Waals surface area contributed by atoms with Gasteiger partial charge in [-0.05, 0) is 54.4 Å². The number of nitrogens with zero attached hydrogens (tertiary/aromatic N) is 2. The van der Waals surface area contributed by atoms with Crippen molar-refractivity contribution in [3.63, 3.8) is 0 Å². The van der Waals surface area contributed by atoms with Crippen molar-refractivity contribution < 1.29 is 17.9 Å². The van der Waals surface area contributed by atoms with Gasteiger partial charge in [-0.2, -0.15) is 4.31 Å². The van der Waals surface area contributed by atoms with Gasteiger partial charge in [0.15, 0.2) is 0 Å². The lowest BCUT2D eigenvalue weighted by molar-refractivity contribution is 0.0951. The van der Waals surface area contributed by atoms with Gasteiger partial charge in [-0.25, -0.2) is 8.42 Å². The monoisotopic (exact) mass is 493 g/mol. The van der Waals surface area contributed by atoms with E-state index in [1.807, 2.05) is 61.5 Å². The van der Waals surface area contributed by atoms with Gasteiger partial charge >= 0.3 is 0 Å². The Kier molecular flexibility index (Phi) is 8.17. The molecule has 1 aliphatic heterocycles. The molecule has 3 aromatic carbocycles. The lowest BCUT2D eigenvalue weighted by Gasteiger charge is -2.34. The molecule has 1 fully saturated rings. The fraction of sp³-hybridized carbons (Fsp3) is 0.296. The molecule has 0 aliphatic carbocycles. The molecule has 8 heteroatoms. The standard InChI is InChI=1S/C27H31N3O4S/c1-2-34-25-8-6-7-23(19-25)20-28-27(31)24-13-11-22(12-14-24)21-29-15-17-30(18-16-29)35(32,33)26-9-4-3-5-10-26/h3-14,19H,2,15-18,20-21H2,1H3,(H,28,31). The summed E-state index contributed by atoms with van der Waals surface area (Å²) < 4.78 is 32.7. The molecule has 0 bridgehead atoms. The van der Waals surface area contributed by atoms with E-state index in [2.05, 4.69) is 10.2 Å². The maximum atomic E-state index is 12.8. The largest absolute Gasteiger partial charge is 0.494 e. The first-order chi connectivity index (χ1) is 17.0.